The second kappa shape index (κ2) is 8.47. The number of nitrogens with zero attached hydrogens (tertiary/aromatic N) is 1. The summed E-state index contributed by atoms with van der Waals surface area (Å²) in [6.07, 6.45) is 3.09. The molecule has 0 spiro atoms. The van der Waals surface area contributed by atoms with Crippen molar-refractivity contribution in [3.05, 3.63) is 35.9 Å². The lowest BCUT2D eigenvalue weighted by atomic mass is 9.80. The molecule has 0 atom stereocenters. The largest absolute Gasteiger partial charge is 0.744 e. The summed E-state index contributed by atoms with van der Waals surface area (Å²) in [4.78, 5) is 11.3. The Morgan fingerprint density at radius 1 is 1.10 bits per heavy atom. The Bertz CT molecular complexity index is 1120. The molecule has 2 aromatic rings. The lowest BCUT2D eigenvalue weighted by Gasteiger charge is -2.18. The van der Waals surface area contributed by atoms with Crippen LogP contribution in [0.25, 0.3) is 10.8 Å². The molecule has 2 aromatic carbocycles. The zero-order chi connectivity index (χ0) is 22.1. The maximum Gasteiger partial charge on any atom is 0.305 e. The number of hydrogen-bond donors (Lipinski definition) is 0. The van der Waals surface area contributed by atoms with Gasteiger partial charge in [-0.25, -0.2) is 8.42 Å². The van der Waals surface area contributed by atoms with E-state index in [1.54, 1.807) is 12.1 Å². The van der Waals surface area contributed by atoms with Crippen LogP contribution >= 0.6 is 0 Å². The van der Waals surface area contributed by atoms with Gasteiger partial charge in [0.1, 0.15) is 16.7 Å². The van der Waals surface area contributed by atoms with Gasteiger partial charge in [0, 0.05) is 31.4 Å². The molecule has 1 aliphatic heterocycles. The second-order valence-electron chi connectivity index (χ2n) is 8.24. The first-order valence-corrected chi connectivity index (χ1v) is 11.8. The normalized spacial score (nSPS) is 15.5. The first-order valence-electron chi connectivity index (χ1n) is 10.4. The van der Waals surface area contributed by atoms with Crippen molar-refractivity contribution in [1.82, 2.24) is 0 Å². The third kappa shape index (κ3) is 4.14. The molecule has 0 amide bonds. The molecule has 0 N–H and O–H groups in total. The fraction of sp³-hybridized carbons (Fsp3) is 0.478. The van der Waals surface area contributed by atoms with Crippen LogP contribution in [0.15, 0.2) is 35.2 Å². The van der Waals surface area contributed by atoms with Crippen LogP contribution in [0.2, 0.25) is 0 Å². The molecule has 3 rings (SSSR count). The Balaban J connectivity index is 1.88. The lowest BCUT2D eigenvalue weighted by molar-refractivity contribution is -0.439. The summed E-state index contributed by atoms with van der Waals surface area (Å²) in [6.45, 7) is 9.38. The van der Waals surface area contributed by atoms with Crippen molar-refractivity contribution in [3.8, 4) is 0 Å². The minimum absolute atomic E-state index is 0.150. The van der Waals surface area contributed by atoms with Crippen molar-refractivity contribution in [3.63, 3.8) is 0 Å². The minimum Gasteiger partial charge on any atom is -0.744 e. The zero-order valence-electron chi connectivity index (χ0n) is 18.0. The van der Waals surface area contributed by atoms with E-state index in [1.165, 1.54) is 11.8 Å². The molecule has 0 aromatic heterocycles. The number of benzene rings is 2. The van der Waals surface area contributed by atoms with Crippen LogP contribution in [0.4, 0.5) is 5.69 Å². The summed E-state index contributed by atoms with van der Waals surface area (Å²) in [5, 5.41) is 1.28. The third-order valence-corrected chi connectivity index (χ3v) is 6.96. The van der Waals surface area contributed by atoms with Gasteiger partial charge in [-0.3, -0.25) is 4.79 Å². The zero-order valence-corrected chi connectivity index (χ0v) is 18.8. The molecule has 0 bridgehead atoms. The Labute approximate surface area is 178 Å². The molecule has 1 heterocycles. The Morgan fingerprint density at radius 3 is 2.50 bits per heavy atom. The van der Waals surface area contributed by atoms with Gasteiger partial charge in [-0.2, -0.15) is 4.58 Å². The summed E-state index contributed by atoms with van der Waals surface area (Å²) in [7, 11) is -4.55. The Hall–Kier alpha value is -2.25. The highest BCUT2D eigenvalue weighted by atomic mass is 32.2. The van der Waals surface area contributed by atoms with Crippen molar-refractivity contribution >= 4 is 38.3 Å². The van der Waals surface area contributed by atoms with Crippen LogP contribution in [-0.4, -0.2) is 42.4 Å². The highest BCUT2D eigenvalue weighted by Crippen LogP contribution is 2.44. The monoisotopic (exact) mass is 431 g/mol. The van der Waals surface area contributed by atoms with E-state index < -0.39 is 10.1 Å². The smallest absolute Gasteiger partial charge is 0.305 e. The fourth-order valence-electron chi connectivity index (χ4n) is 4.35. The second-order valence-corrected chi connectivity index (χ2v) is 9.59. The predicted octanol–water partition coefficient (Wildman–Crippen LogP) is 4.26. The van der Waals surface area contributed by atoms with Crippen molar-refractivity contribution < 1.29 is 27.1 Å². The topological polar surface area (TPSA) is 86.5 Å². The van der Waals surface area contributed by atoms with E-state index in [2.05, 4.69) is 25.3 Å². The van der Waals surface area contributed by atoms with Gasteiger partial charge in [0.05, 0.1) is 16.9 Å². The molecule has 0 aliphatic carbocycles. The molecule has 0 saturated heterocycles. The quantitative estimate of drug-likeness (QED) is 0.270. The van der Waals surface area contributed by atoms with Gasteiger partial charge < -0.3 is 9.29 Å². The van der Waals surface area contributed by atoms with Gasteiger partial charge in [-0.05, 0) is 56.5 Å². The van der Waals surface area contributed by atoms with Gasteiger partial charge in [-0.1, -0.05) is 12.1 Å². The van der Waals surface area contributed by atoms with Crippen LogP contribution < -0.4 is 0 Å². The predicted molar refractivity (Wildman–Crippen MR) is 116 cm³/mol. The number of hydrogen-bond acceptors (Lipinski definition) is 5. The Kier molecular flexibility index (Phi) is 6.34. The number of rotatable bonds is 8. The summed E-state index contributed by atoms with van der Waals surface area (Å²) in [5.41, 5.74) is 3.00. The molecule has 0 fully saturated rings. The van der Waals surface area contributed by atoms with E-state index in [0.717, 1.165) is 42.4 Å². The van der Waals surface area contributed by atoms with E-state index in [0.29, 0.717) is 18.4 Å². The van der Waals surface area contributed by atoms with E-state index in [9.17, 15) is 17.8 Å². The molecule has 1 aliphatic rings. The van der Waals surface area contributed by atoms with E-state index in [-0.39, 0.29) is 16.3 Å². The first-order chi connectivity index (χ1) is 14.1. The number of carbonyl (C=O) groups is 1. The van der Waals surface area contributed by atoms with Gasteiger partial charge in [0.15, 0.2) is 5.71 Å². The van der Waals surface area contributed by atoms with Crippen molar-refractivity contribution in [2.24, 2.45) is 0 Å². The summed E-state index contributed by atoms with van der Waals surface area (Å²) in [6, 6.07) is 8.55. The van der Waals surface area contributed by atoms with Crippen molar-refractivity contribution in [2.75, 3.05) is 13.2 Å². The highest BCUT2D eigenvalue weighted by molar-refractivity contribution is 7.86. The average molecular weight is 432 g/mol. The number of esters is 1. The number of fused-ring (bicyclic) bond motifs is 3. The molecule has 0 saturated carbocycles. The molecular weight excluding hydrogens is 402 g/mol. The van der Waals surface area contributed by atoms with Gasteiger partial charge in [0.25, 0.3) is 0 Å². The van der Waals surface area contributed by atoms with E-state index in [1.807, 2.05) is 19.1 Å². The molecule has 0 unspecified atom stereocenters. The van der Waals surface area contributed by atoms with Crippen LogP contribution in [0.1, 0.15) is 58.9 Å². The first kappa shape index (κ1) is 22.4. The van der Waals surface area contributed by atoms with Gasteiger partial charge >= 0.3 is 5.97 Å². The molecule has 7 heteroatoms. The number of unbranched alkanes of at least 4 members (excludes halogenated alkanes) is 2. The van der Waals surface area contributed by atoms with Gasteiger partial charge in [-0.15, -0.1) is 0 Å². The lowest BCUT2D eigenvalue weighted by Crippen LogP contribution is -2.27. The standard InChI is InChI=1S/C23H29NO5S/c1-5-29-21(25)12-7-6-8-15-24-16(2)23(3,4)22-18-10-9-11-20(30(26,27)28)17(18)13-14-19(22)24/h9-11,13-14H,5-8,12,15H2,1-4H3. The molecule has 6 nitrogen and oxygen atoms in total. The van der Waals surface area contributed by atoms with Crippen LogP contribution in [0.5, 0.6) is 0 Å². The van der Waals surface area contributed by atoms with Crippen molar-refractivity contribution in [1.29, 1.82) is 0 Å². The Morgan fingerprint density at radius 2 is 1.83 bits per heavy atom. The maximum absolute atomic E-state index is 11.7. The number of ether oxygens (including phenoxy) is 1. The fourth-order valence-corrected chi connectivity index (χ4v) is 5.05. The van der Waals surface area contributed by atoms with E-state index in [4.69, 9.17) is 4.74 Å². The third-order valence-electron chi connectivity index (χ3n) is 6.06. The summed E-state index contributed by atoms with van der Waals surface area (Å²) < 4.78 is 42.4. The van der Waals surface area contributed by atoms with Gasteiger partial charge in [0.2, 0.25) is 5.69 Å². The molecule has 30 heavy (non-hydrogen) atoms. The summed E-state index contributed by atoms with van der Waals surface area (Å²) in [5.74, 6) is -0.150. The van der Waals surface area contributed by atoms with Crippen LogP contribution in [0.3, 0.4) is 0 Å². The number of carbonyl (C=O) groups excluding carboxylic acids is 1. The van der Waals surface area contributed by atoms with Crippen LogP contribution in [0, 0.1) is 0 Å². The molecule has 162 valence electrons. The minimum atomic E-state index is -4.55. The highest BCUT2D eigenvalue weighted by Gasteiger charge is 2.44. The summed E-state index contributed by atoms with van der Waals surface area (Å²) >= 11 is 0. The maximum atomic E-state index is 11.7. The molecule has 0 radical (unpaired) electrons. The van der Waals surface area contributed by atoms with Crippen molar-refractivity contribution in [2.45, 2.75) is 63.7 Å². The molecular formula is C23H29NO5S. The van der Waals surface area contributed by atoms with E-state index >= 15 is 0 Å². The average Bonchev–Trinajstić information content (AvgIpc) is 2.87. The van der Waals surface area contributed by atoms with Crippen LogP contribution in [-0.2, 0) is 25.1 Å². The SMILES string of the molecule is CCOC(=O)CCCCC[N+]1=C(C)C(C)(C)c2c1ccc1c(S(=O)(=O)[O-])cccc21.